The van der Waals surface area contributed by atoms with Crippen LogP contribution in [0.25, 0.3) is 0 Å². The number of sulfonamides is 1. The van der Waals surface area contributed by atoms with Crippen LogP contribution < -0.4 is 10.6 Å². The SMILES string of the molecule is Cc1cc(C)c(S(=O)(=O)N2CCC3(CC2)NCCN=C3NC2CCCC2)c(C)c1.Cl. The summed E-state index contributed by atoms with van der Waals surface area (Å²) >= 11 is 0. The lowest BCUT2D eigenvalue weighted by atomic mass is 9.85. The Morgan fingerprint density at radius 1 is 1.10 bits per heavy atom. The van der Waals surface area contributed by atoms with E-state index in [2.05, 4.69) is 10.6 Å². The Hall–Kier alpha value is -1.15. The lowest BCUT2D eigenvalue weighted by Crippen LogP contribution is -2.65. The van der Waals surface area contributed by atoms with E-state index in [0.717, 1.165) is 48.5 Å². The maximum absolute atomic E-state index is 13.4. The third-order valence-electron chi connectivity index (χ3n) is 6.77. The maximum atomic E-state index is 13.4. The molecule has 0 radical (unpaired) electrons. The highest BCUT2D eigenvalue weighted by molar-refractivity contribution is 7.89. The first-order valence-corrected chi connectivity index (χ1v) is 12.4. The van der Waals surface area contributed by atoms with Crippen LogP contribution in [-0.2, 0) is 10.0 Å². The van der Waals surface area contributed by atoms with E-state index >= 15 is 0 Å². The van der Waals surface area contributed by atoms with Gasteiger partial charge in [0.15, 0.2) is 0 Å². The van der Waals surface area contributed by atoms with Crippen LogP contribution in [0.4, 0.5) is 0 Å². The fourth-order valence-corrected chi connectivity index (χ4v) is 7.22. The van der Waals surface area contributed by atoms with Gasteiger partial charge in [-0.2, -0.15) is 4.31 Å². The van der Waals surface area contributed by atoms with Gasteiger partial charge in [-0.05, 0) is 57.6 Å². The second-order valence-corrected chi connectivity index (χ2v) is 10.9. The standard InChI is InChI=1S/C22H34N4O2S.ClH/c1-16-14-17(2)20(18(3)15-16)29(27,28)26-12-8-22(9-13-26)21(23-10-11-24-22)25-19-6-4-5-7-19;/h14-15,19,24H,4-13H2,1-3H3,(H,23,25);1H. The van der Waals surface area contributed by atoms with Crippen molar-refractivity contribution in [1.29, 1.82) is 0 Å². The second kappa shape index (κ2) is 9.15. The van der Waals surface area contributed by atoms with E-state index in [1.165, 1.54) is 25.7 Å². The molecule has 168 valence electrons. The number of aliphatic imine (C=N–C) groups is 1. The van der Waals surface area contributed by atoms with E-state index in [1.54, 1.807) is 4.31 Å². The van der Waals surface area contributed by atoms with Crippen LogP contribution in [0.1, 0.15) is 55.2 Å². The van der Waals surface area contributed by atoms with E-state index in [9.17, 15) is 8.42 Å². The first-order chi connectivity index (χ1) is 13.8. The molecule has 0 unspecified atom stereocenters. The molecule has 2 aliphatic heterocycles. The van der Waals surface area contributed by atoms with Gasteiger partial charge in [0, 0.05) is 25.7 Å². The number of aryl methyl sites for hydroxylation is 3. The van der Waals surface area contributed by atoms with Crippen LogP contribution in [0.2, 0.25) is 0 Å². The van der Waals surface area contributed by atoms with Gasteiger partial charge in [-0.1, -0.05) is 30.5 Å². The molecule has 4 rings (SSSR count). The summed E-state index contributed by atoms with van der Waals surface area (Å²) in [5.41, 5.74) is 2.57. The lowest BCUT2D eigenvalue weighted by Gasteiger charge is -2.45. The van der Waals surface area contributed by atoms with Gasteiger partial charge in [-0.25, -0.2) is 8.42 Å². The Bertz CT molecular complexity index is 879. The maximum Gasteiger partial charge on any atom is 0.243 e. The molecular weight excluding hydrogens is 420 g/mol. The molecule has 1 saturated heterocycles. The Balaban J connectivity index is 0.00000256. The highest BCUT2D eigenvalue weighted by atomic mass is 35.5. The van der Waals surface area contributed by atoms with Gasteiger partial charge in [0.2, 0.25) is 10.0 Å². The topological polar surface area (TPSA) is 73.8 Å². The number of rotatable bonds is 3. The largest absolute Gasteiger partial charge is 0.370 e. The van der Waals surface area contributed by atoms with Crippen LogP contribution in [0, 0.1) is 20.8 Å². The van der Waals surface area contributed by atoms with Crippen molar-refractivity contribution in [2.24, 2.45) is 4.99 Å². The predicted octanol–water partition coefficient (Wildman–Crippen LogP) is 3.09. The summed E-state index contributed by atoms with van der Waals surface area (Å²) in [7, 11) is -3.49. The molecule has 1 saturated carbocycles. The van der Waals surface area contributed by atoms with Crippen LogP contribution in [0.3, 0.4) is 0 Å². The van der Waals surface area contributed by atoms with E-state index in [4.69, 9.17) is 4.99 Å². The number of nitrogens with one attached hydrogen (secondary N) is 2. The number of hydrogen-bond donors (Lipinski definition) is 2. The lowest BCUT2D eigenvalue weighted by molar-refractivity contribution is 0.240. The fourth-order valence-electron chi connectivity index (χ4n) is 5.37. The minimum Gasteiger partial charge on any atom is -0.370 e. The fraction of sp³-hybridized carbons (Fsp3) is 0.682. The summed E-state index contributed by atoms with van der Waals surface area (Å²) < 4.78 is 28.5. The molecule has 8 heteroatoms. The molecule has 3 aliphatic rings. The predicted molar refractivity (Wildman–Crippen MR) is 124 cm³/mol. The molecule has 0 amide bonds. The summed E-state index contributed by atoms with van der Waals surface area (Å²) in [6.45, 7) is 8.50. The quantitative estimate of drug-likeness (QED) is 0.736. The Kier molecular flexibility index (Phi) is 7.17. The normalized spacial score (nSPS) is 22.6. The van der Waals surface area contributed by atoms with Crippen LogP contribution in [0.5, 0.6) is 0 Å². The highest BCUT2D eigenvalue weighted by Crippen LogP contribution is 2.32. The number of nitrogens with zero attached hydrogens (tertiary/aromatic N) is 2. The summed E-state index contributed by atoms with van der Waals surface area (Å²) in [5, 5.41) is 7.39. The Morgan fingerprint density at radius 2 is 1.70 bits per heavy atom. The molecule has 0 atom stereocenters. The number of benzene rings is 1. The number of amidine groups is 1. The molecule has 2 heterocycles. The van der Waals surface area contributed by atoms with Gasteiger partial charge in [0.05, 0.1) is 17.0 Å². The molecule has 1 spiro atoms. The van der Waals surface area contributed by atoms with Crippen molar-refractivity contribution in [2.45, 2.75) is 75.8 Å². The van der Waals surface area contributed by atoms with Crippen LogP contribution in [-0.4, -0.2) is 56.3 Å². The van der Waals surface area contributed by atoms with Gasteiger partial charge in [0.1, 0.15) is 5.84 Å². The molecule has 6 nitrogen and oxygen atoms in total. The third kappa shape index (κ3) is 4.40. The van der Waals surface area contributed by atoms with Crippen molar-refractivity contribution in [2.75, 3.05) is 26.2 Å². The van der Waals surface area contributed by atoms with Crippen molar-refractivity contribution in [3.63, 3.8) is 0 Å². The summed E-state index contributed by atoms with van der Waals surface area (Å²) in [6.07, 6.45) is 6.51. The summed E-state index contributed by atoms with van der Waals surface area (Å²) in [4.78, 5) is 5.31. The third-order valence-corrected chi connectivity index (χ3v) is 8.98. The average Bonchev–Trinajstić information content (AvgIpc) is 3.16. The van der Waals surface area contributed by atoms with Crippen molar-refractivity contribution in [3.8, 4) is 0 Å². The average molecular weight is 455 g/mol. The molecule has 30 heavy (non-hydrogen) atoms. The molecule has 1 aliphatic carbocycles. The number of piperidine rings is 1. The molecule has 1 aromatic rings. The minimum atomic E-state index is -3.49. The molecule has 1 aromatic carbocycles. The Morgan fingerprint density at radius 3 is 2.30 bits per heavy atom. The summed E-state index contributed by atoms with van der Waals surface area (Å²) in [5.74, 6) is 1.07. The molecule has 0 bridgehead atoms. The zero-order chi connectivity index (χ0) is 20.6. The van der Waals surface area contributed by atoms with Crippen molar-refractivity contribution in [1.82, 2.24) is 14.9 Å². The Labute approximate surface area is 187 Å². The van der Waals surface area contributed by atoms with Gasteiger partial charge < -0.3 is 10.6 Å². The van der Waals surface area contributed by atoms with Gasteiger partial charge in [-0.3, -0.25) is 4.99 Å². The monoisotopic (exact) mass is 454 g/mol. The van der Waals surface area contributed by atoms with Gasteiger partial charge in [-0.15, -0.1) is 12.4 Å². The smallest absolute Gasteiger partial charge is 0.243 e. The number of hydrogen-bond acceptors (Lipinski definition) is 5. The molecular formula is C22H35ClN4O2S. The molecule has 0 aromatic heterocycles. The van der Waals surface area contributed by atoms with Crippen LogP contribution >= 0.6 is 12.4 Å². The van der Waals surface area contributed by atoms with E-state index in [1.807, 2.05) is 32.9 Å². The van der Waals surface area contributed by atoms with Crippen molar-refractivity contribution in [3.05, 3.63) is 28.8 Å². The first-order valence-electron chi connectivity index (χ1n) is 11.0. The zero-order valence-electron chi connectivity index (χ0n) is 18.3. The van der Waals surface area contributed by atoms with E-state index in [-0.39, 0.29) is 17.9 Å². The van der Waals surface area contributed by atoms with Crippen molar-refractivity contribution < 1.29 is 8.42 Å². The first kappa shape index (κ1) is 23.5. The van der Waals surface area contributed by atoms with E-state index < -0.39 is 10.0 Å². The molecule has 2 N–H and O–H groups in total. The summed E-state index contributed by atoms with van der Waals surface area (Å²) in [6, 6.07) is 4.44. The van der Waals surface area contributed by atoms with Crippen molar-refractivity contribution >= 4 is 28.3 Å². The second-order valence-electron chi connectivity index (χ2n) is 9.00. The highest BCUT2D eigenvalue weighted by Gasteiger charge is 2.44. The van der Waals surface area contributed by atoms with E-state index in [0.29, 0.717) is 24.0 Å². The zero-order valence-corrected chi connectivity index (χ0v) is 20.0. The van der Waals surface area contributed by atoms with Crippen LogP contribution in [0.15, 0.2) is 22.0 Å². The van der Waals surface area contributed by atoms with Gasteiger partial charge in [0.25, 0.3) is 0 Å². The number of halogens is 1. The molecule has 2 fully saturated rings. The van der Waals surface area contributed by atoms with Gasteiger partial charge >= 0.3 is 0 Å². The minimum absolute atomic E-state index is 0.